The van der Waals surface area contributed by atoms with E-state index in [0.717, 1.165) is 22.5 Å². The highest BCUT2D eigenvalue weighted by Gasteiger charge is 2.02. The van der Waals surface area contributed by atoms with E-state index in [1.54, 1.807) is 0 Å². The predicted molar refractivity (Wildman–Crippen MR) is 115 cm³/mol. The van der Waals surface area contributed by atoms with Gasteiger partial charge in [-0.1, -0.05) is 60.7 Å². The van der Waals surface area contributed by atoms with Crippen molar-refractivity contribution in [3.05, 3.63) is 96.1 Å². The van der Waals surface area contributed by atoms with Crippen LogP contribution in [0.25, 0.3) is 0 Å². The molecule has 6 heteroatoms. The summed E-state index contributed by atoms with van der Waals surface area (Å²) in [5, 5.41) is 0. The highest BCUT2D eigenvalue weighted by molar-refractivity contribution is 6.02. The Bertz CT molecular complexity index is 787. The quantitative estimate of drug-likeness (QED) is 0.507. The number of nitrogens with two attached hydrogens (primary N) is 2. The van der Waals surface area contributed by atoms with Gasteiger partial charge in [0.25, 0.3) is 0 Å². The predicted octanol–water partition coefficient (Wildman–Crippen LogP) is 4.60. The Hall–Kier alpha value is -2.82. The molecule has 0 aromatic heterocycles. The monoisotopic (exact) mass is 386 g/mol. The minimum atomic E-state index is 0. The second kappa shape index (κ2) is 10.2. The number of amidine groups is 2. The van der Waals surface area contributed by atoms with Crippen molar-refractivity contribution in [1.29, 1.82) is 0 Å². The summed E-state index contributed by atoms with van der Waals surface area (Å²) in [5.74, 6) is 0.928. The second-order valence-electron chi connectivity index (χ2n) is 5.24. The Morgan fingerprint density at radius 3 is 1.12 bits per heavy atom. The molecule has 0 saturated carbocycles. The first-order chi connectivity index (χ1) is 11.7. The van der Waals surface area contributed by atoms with Crippen molar-refractivity contribution in [2.45, 2.75) is 0 Å². The number of hydrogen-bond donors (Lipinski definition) is 2. The maximum Gasteiger partial charge on any atom is 0.131 e. The molecular formula is C20H20Cl2N4. The first-order valence-electron chi connectivity index (χ1n) is 7.61. The van der Waals surface area contributed by atoms with Crippen LogP contribution in [-0.2, 0) is 0 Å². The zero-order valence-corrected chi connectivity index (χ0v) is 15.6. The van der Waals surface area contributed by atoms with Crippen LogP contribution in [0.3, 0.4) is 0 Å². The minimum Gasteiger partial charge on any atom is -0.383 e. The summed E-state index contributed by atoms with van der Waals surface area (Å²) in [6.45, 7) is 0. The number of benzene rings is 3. The Morgan fingerprint density at radius 2 is 0.808 bits per heavy atom. The molecule has 0 bridgehead atoms. The van der Waals surface area contributed by atoms with Crippen LogP contribution >= 0.6 is 24.8 Å². The minimum absolute atomic E-state index is 0. The largest absolute Gasteiger partial charge is 0.383 e. The maximum atomic E-state index is 6.07. The van der Waals surface area contributed by atoms with Gasteiger partial charge in [-0.05, 0) is 24.3 Å². The highest BCUT2D eigenvalue weighted by Crippen LogP contribution is 2.14. The molecule has 0 heterocycles. The fraction of sp³-hybridized carbons (Fsp3) is 0. The summed E-state index contributed by atoms with van der Waals surface area (Å²) >= 11 is 0. The number of nitrogens with zero attached hydrogens (tertiary/aromatic N) is 2. The van der Waals surface area contributed by atoms with Gasteiger partial charge in [0.05, 0.1) is 11.4 Å². The van der Waals surface area contributed by atoms with Crippen LogP contribution in [0.4, 0.5) is 11.4 Å². The van der Waals surface area contributed by atoms with Gasteiger partial charge >= 0.3 is 0 Å². The molecule has 0 unspecified atom stereocenters. The van der Waals surface area contributed by atoms with Crippen molar-refractivity contribution in [3.63, 3.8) is 0 Å². The lowest BCUT2D eigenvalue weighted by Crippen LogP contribution is -2.15. The van der Waals surface area contributed by atoms with Crippen LogP contribution in [0.5, 0.6) is 0 Å². The summed E-state index contributed by atoms with van der Waals surface area (Å²) in [6.07, 6.45) is 0. The van der Waals surface area contributed by atoms with Gasteiger partial charge in [-0.15, -0.1) is 24.8 Å². The molecule has 0 saturated heterocycles. The Kier molecular flexibility index (Phi) is 8.35. The molecule has 0 aliphatic heterocycles. The van der Waals surface area contributed by atoms with Crippen molar-refractivity contribution < 1.29 is 0 Å². The van der Waals surface area contributed by atoms with Gasteiger partial charge in [0.1, 0.15) is 11.7 Å². The van der Waals surface area contributed by atoms with E-state index in [2.05, 4.69) is 9.98 Å². The van der Waals surface area contributed by atoms with Gasteiger partial charge in [0.15, 0.2) is 0 Å². The summed E-state index contributed by atoms with van der Waals surface area (Å²) in [4.78, 5) is 8.81. The summed E-state index contributed by atoms with van der Waals surface area (Å²) in [5.41, 5.74) is 15.5. The lowest BCUT2D eigenvalue weighted by Gasteiger charge is -2.04. The first kappa shape index (κ1) is 21.2. The van der Waals surface area contributed by atoms with Crippen molar-refractivity contribution in [2.75, 3.05) is 0 Å². The molecule has 3 aromatic carbocycles. The third-order valence-electron chi connectivity index (χ3n) is 3.49. The molecule has 0 fully saturated rings. The van der Waals surface area contributed by atoms with E-state index < -0.39 is 0 Å². The summed E-state index contributed by atoms with van der Waals surface area (Å²) in [6, 6.07) is 26.8. The van der Waals surface area contributed by atoms with E-state index in [1.807, 2.05) is 84.9 Å². The second-order valence-corrected chi connectivity index (χ2v) is 5.24. The molecule has 0 spiro atoms. The van der Waals surface area contributed by atoms with Gasteiger partial charge in [0.2, 0.25) is 0 Å². The molecule has 4 nitrogen and oxygen atoms in total. The molecule has 26 heavy (non-hydrogen) atoms. The van der Waals surface area contributed by atoms with E-state index in [1.165, 1.54) is 0 Å². The first-order valence-corrected chi connectivity index (χ1v) is 7.61. The molecule has 0 amide bonds. The van der Waals surface area contributed by atoms with E-state index in [4.69, 9.17) is 11.5 Å². The summed E-state index contributed by atoms with van der Waals surface area (Å²) < 4.78 is 0. The number of rotatable bonds is 4. The van der Waals surface area contributed by atoms with Crippen LogP contribution in [0.1, 0.15) is 11.1 Å². The van der Waals surface area contributed by atoms with Crippen LogP contribution in [0.15, 0.2) is 94.9 Å². The topological polar surface area (TPSA) is 76.8 Å². The third kappa shape index (κ3) is 5.62. The van der Waals surface area contributed by atoms with Crippen molar-refractivity contribution in [1.82, 2.24) is 0 Å². The Labute approximate surface area is 165 Å². The Balaban J connectivity index is 0.00000169. The van der Waals surface area contributed by atoms with Gasteiger partial charge < -0.3 is 11.5 Å². The van der Waals surface area contributed by atoms with Crippen LogP contribution < -0.4 is 11.5 Å². The standard InChI is InChI=1S/C20H18N4.2ClH/c21-19(23-17-7-3-1-4-8-17)15-11-13-16(14-12-15)20(22)24-18-9-5-2-6-10-18;;/h1-14H,(H2,21,23)(H2,22,24);2*1H. The van der Waals surface area contributed by atoms with E-state index in [9.17, 15) is 0 Å². The third-order valence-corrected chi connectivity index (χ3v) is 3.49. The fourth-order valence-electron chi connectivity index (χ4n) is 2.22. The molecule has 0 aliphatic carbocycles. The average molecular weight is 387 g/mol. The van der Waals surface area contributed by atoms with Gasteiger partial charge in [-0.25, -0.2) is 9.98 Å². The molecule has 0 atom stereocenters. The Morgan fingerprint density at radius 1 is 0.500 bits per heavy atom. The van der Waals surface area contributed by atoms with Gasteiger partial charge in [0, 0.05) is 11.1 Å². The number of aliphatic imine (C=N–C) groups is 2. The van der Waals surface area contributed by atoms with Crippen LogP contribution in [-0.4, -0.2) is 11.7 Å². The van der Waals surface area contributed by atoms with Crippen molar-refractivity contribution in [2.24, 2.45) is 21.5 Å². The summed E-state index contributed by atoms with van der Waals surface area (Å²) in [7, 11) is 0. The van der Waals surface area contributed by atoms with E-state index in [-0.39, 0.29) is 24.8 Å². The van der Waals surface area contributed by atoms with Crippen molar-refractivity contribution >= 4 is 47.9 Å². The lowest BCUT2D eigenvalue weighted by molar-refractivity contribution is 1.43. The SMILES string of the molecule is Cl.Cl.NC(=Nc1ccccc1)c1ccc(C(N)=Nc2ccccc2)cc1. The zero-order valence-electron chi connectivity index (χ0n) is 13.9. The molecular weight excluding hydrogens is 367 g/mol. The normalized spacial score (nSPS) is 11.2. The molecule has 4 N–H and O–H groups in total. The van der Waals surface area contributed by atoms with Gasteiger partial charge in [-0.3, -0.25) is 0 Å². The number of para-hydroxylation sites is 2. The fourth-order valence-corrected chi connectivity index (χ4v) is 2.22. The van der Waals surface area contributed by atoms with E-state index >= 15 is 0 Å². The van der Waals surface area contributed by atoms with Gasteiger partial charge in [-0.2, -0.15) is 0 Å². The number of halogens is 2. The molecule has 0 aliphatic rings. The molecule has 0 radical (unpaired) electrons. The van der Waals surface area contributed by atoms with E-state index in [0.29, 0.717) is 11.7 Å². The van der Waals surface area contributed by atoms with Crippen LogP contribution in [0, 0.1) is 0 Å². The zero-order chi connectivity index (χ0) is 16.8. The van der Waals surface area contributed by atoms with Crippen molar-refractivity contribution in [3.8, 4) is 0 Å². The molecule has 3 aromatic rings. The molecule has 134 valence electrons. The lowest BCUT2D eigenvalue weighted by atomic mass is 10.1. The number of hydrogen-bond acceptors (Lipinski definition) is 2. The van der Waals surface area contributed by atoms with Crippen LogP contribution in [0.2, 0.25) is 0 Å². The average Bonchev–Trinajstić information content (AvgIpc) is 2.63. The molecule has 3 rings (SSSR count). The highest BCUT2D eigenvalue weighted by atomic mass is 35.5. The maximum absolute atomic E-state index is 6.07. The smallest absolute Gasteiger partial charge is 0.131 e.